The number of carbonyl (C=O) groups excluding carboxylic acids is 1. The summed E-state index contributed by atoms with van der Waals surface area (Å²) < 4.78 is 15.1. The largest absolute Gasteiger partial charge is 0.354 e. The first kappa shape index (κ1) is 16.9. The zero-order valence-electron chi connectivity index (χ0n) is 15.4. The number of alkyl halides is 1. The Bertz CT molecular complexity index is 1030. The van der Waals surface area contributed by atoms with Crippen molar-refractivity contribution in [3.8, 4) is 5.69 Å². The van der Waals surface area contributed by atoms with Gasteiger partial charge in [-0.2, -0.15) is 5.10 Å². The monoisotopic (exact) mass is 378 g/mol. The molecule has 0 radical (unpaired) electrons. The molecule has 142 valence electrons. The summed E-state index contributed by atoms with van der Waals surface area (Å²) in [7, 11) is 0. The van der Waals surface area contributed by atoms with E-state index in [-0.39, 0.29) is 5.91 Å². The van der Waals surface area contributed by atoms with E-state index in [0.29, 0.717) is 31.6 Å². The van der Waals surface area contributed by atoms with Crippen LogP contribution in [0.1, 0.15) is 28.2 Å². The molecule has 1 fully saturated rings. The molecule has 3 aromatic heterocycles. The van der Waals surface area contributed by atoms with E-state index in [4.69, 9.17) is 0 Å². The second kappa shape index (κ2) is 6.40. The summed E-state index contributed by atoms with van der Waals surface area (Å²) in [6, 6.07) is 7.54. The molecule has 5 heterocycles. The van der Waals surface area contributed by atoms with E-state index < -0.39 is 6.17 Å². The summed E-state index contributed by atoms with van der Waals surface area (Å²) in [6.07, 6.45) is 4.91. The quantitative estimate of drug-likeness (QED) is 0.701. The van der Waals surface area contributed by atoms with Crippen molar-refractivity contribution in [2.24, 2.45) is 0 Å². The van der Waals surface area contributed by atoms with Crippen LogP contribution in [0.5, 0.6) is 0 Å². The lowest BCUT2D eigenvalue weighted by atomic mass is 10.3. The van der Waals surface area contributed by atoms with Gasteiger partial charge in [-0.25, -0.2) is 14.1 Å². The van der Waals surface area contributed by atoms with Crippen molar-refractivity contribution in [3.05, 3.63) is 59.8 Å². The number of carbonyl (C=O) groups is 1. The van der Waals surface area contributed by atoms with E-state index in [1.54, 1.807) is 28.2 Å². The number of fused-ring (bicyclic) bond motifs is 1. The van der Waals surface area contributed by atoms with Crippen LogP contribution < -0.4 is 9.80 Å². The Labute approximate surface area is 161 Å². The van der Waals surface area contributed by atoms with E-state index in [2.05, 4.69) is 15.1 Å². The average molecular weight is 378 g/mol. The van der Waals surface area contributed by atoms with Gasteiger partial charge in [0.05, 0.1) is 48.1 Å². The van der Waals surface area contributed by atoms with Crippen LogP contribution in [-0.2, 0) is 6.54 Å². The Morgan fingerprint density at radius 3 is 2.57 bits per heavy atom. The fourth-order valence-corrected chi connectivity index (χ4v) is 3.66. The number of pyridine rings is 2. The van der Waals surface area contributed by atoms with E-state index in [0.717, 1.165) is 28.6 Å². The second-order valence-corrected chi connectivity index (χ2v) is 7.19. The van der Waals surface area contributed by atoms with Crippen LogP contribution in [0.25, 0.3) is 5.69 Å². The molecule has 8 heteroatoms. The average Bonchev–Trinajstić information content (AvgIpc) is 3.39. The molecule has 2 aliphatic heterocycles. The molecule has 0 spiro atoms. The number of nitrogens with zero attached hydrogens (tertiary/aromatic N) is 6. The van der Waals surface area contributed by atoms with Crippen molar-refractivity contribution in [3.63, 3.8) is 0 Å². The summed E-state index contributed by atoms with van der Waals surface area (Å²) in [5, 5.41) is 4.56. The van der Waals surface area contributed by atoms with Gasteiger partial charge in [-0.1, -0.05) is 0 Å². The van der Waals surface area contributed by atoms with Crippen molar-refractivity contribution in [1.29, 1.82) is 0 Å². The Morgan fingerprint density at radius 2 is 1.93 bits per heavy atom. The SMILES string of the molecule is Cc1ccc(N2Cc3nn(-c4ccc(N5CC[C@H](F)C5)nc4)cc3C2=O)cn1. The minimum absolute atomic E-state index is 0.0810. The maximum atomic E-state index is 13.4. The van der Waals surface area contributed by atoms with Crippen LogP contribution in [0.15, 0.2) is 42.9 Å². The van der Waals surface area contributed by atoms with Gasteiger partial charge in [0, 0.05) is 18.4 Å². The first-order chi connectivity index (χ1) is 13.6. The number of aromatic nitrogens is 4. The van der Waals surface area contributed by atoms with Crippen molar-refractivity contribution in [2.45, 2.75) is 26.1 Å². The molecule has 2 aliphatic rings. The molecule has 0 unspecified atom stereocenters. The highest BCUT2D eigenvalue weighted by Gasteiger charge is 2.32. The third-order valence-electron chi connectivity index (χ3n) is 5.23. The topological polar surface area (TPSA) is 67.2 Å². The van der Waals surface area contributed by atoms with Crippen molar-refractivity contribution < 1.29 is 9.18 Å². The number of rotatable bonds is 3. The molecular formula is C20H19FN6O. The predicted molar refractivity (Wildman–Crippen MR) is 103 cm³/mol. The maximum Gasteiger partial charge on any atom is 0.262 e. The highest BCUT2D eigenvalue weighted by Crippen LogP contribution is 2.28. The molecular weight excluding hydrogens is 359 g/mol. The highest BCUT2D eigenvalue weighted by atomic mass is 19.1. The fraction of sp³-hybridized carbons (Fsp3) is 0.300. The van der Waals surface area contributed by atoms with Gasteiger partial charge in [-0.05, 0) is 37.6 Å². The van der Waals surface area contributed by atoms with Crippen LogP contribution in [0, 0.1) is 6.92 Å². The van der Waals surface area contributed by atoms with E-state index in [9.17, 15) is 9.18 Å². The first-order valence-corrected chi connectivity index (χ1v) is 9.27. The number of anilines is 2. The molecule has 1 saturated heterocycles. The Hall–Kier alpha value is -3.29. The van der Waals surface area contributed by atoms with Crippen LogP contribution in [0.3, 0.4) is 0 Å². The molecule has 0 aromatic carbocycles. The van der Waals surface area contributed by atoms with E-state index >= 15 is 0 Å². The minimum Gasteiger partial charge on any atom is -0.354 e. The minimum atomic E-state index is -0.784. The van der Waals surface area contributed by atoms with Crippen molar-refractivity contribution in [1.82, 2.24) is 19.7 Å². The Kier molecular flexibility index (Phi) is 3.85. The highest BCUT2D eigenvalue weighted by molar-refractivity contribution is 6.09. The Balaban J connectivity index is 1.36. The van der Waals surface area contributed by atoms with Gasteiger partial charge in [-0.3, -0.25) is 9.78 Å². The molecule has 0 bridgehead atoms. The van der Waals surface area contributed by atoms with Crippen LogP contribution >= 0.6 is 0 Å². The van der Waals surface area contributed by atoms with E-state index in [1.807, 2.05) is 36.1 Å². The summed E-state index contributed by atoms with van der Waals surface area (Å²) in [5.74, 6) is 0.681. The smallest absolute Gasteiger partial charge is 0.262 e. The molecule has 7 nitrogen and oxygen atoms in total. The number of amides is 1. The Morgan fingerprint density at radius 1 is 1.11 bits per heavy atom. The van der Waals surface area contributed by atoms with Crippen LogP contribution in [0.4, 0.5) is 15.9 Å². The third kappa shape index (κ3) is 2.81. The number of halogens is 1. The lowest BCUT2D eigenvalue weighted by Crippen LogP contribution is -2.24. The van der Waals surface area contributed by atoms with Crippen molar-refractivity contribution >= 4 is 17.4 Å². The first-order valence-electron chi connectivity index (χ1n) is 9.27. The van der Waals surface area contributed by atoms with Crippen LogP contribution in [0.2, 0.25) is 0 Å². The zero-order valence-corrected chi connectivity index (χ0v) is 15.4. The lowest BCUT2D eigenvalue weighted by molar-refractivity contribution is 0.0996. The summed E-state index contributed by atoms with van der Waals surface area (Å²) >= 11 is 0. The maximum absolute atomic E-state index is 13.4. The number of aryl methyl sites for hydroxylation is 1. The standard InChI is InChI=1S/C20H19FN6O/c1-13-2-3-15(8-22-13)26-12-18-17(20(26)28)11-27(24-18)16-4-5-19(23-9-16)25-7-6-14(21)10-25/h2-5,8-9,11,14H,6-7,10,12H2,1H3/t14-/m0/s1. The normalized spacial score (nSPS) is 18.8. The second-order valence-electron chi connectivity index (χ2n) is 7.19. The fourth-order valence-electron chi connectivity index (χ4n) is 3.66. The molecule has 5 rings (SSSR count). The molecule has 0 aliphatic carbocycles. The number of hydrogen-bond acceptors (Lipinski definition) is 5. The molecule has 28 heavy (non-hydrogen) atoms. The van der Waals surface area contributed by atoms with Crippen molar-refractivity contribution in [2.75, 3.05) is 22.9 Å². The molecule has 0 saturated carbocycles. The summed E-state index contributed by atoms with van der Waals surface area (Å²) in [6.45, 7) is 3.40. The van der Waals surface area contributed by atoms with Gasteiger partial charge in [0.15, 0.2) is 0 Å². The van der Waals surface area contributed by atoms with Gasteiger partial charge < -0.3 is 9.80 Å². The van der Waals surface area contributed by atoms with Gasteiger partial charge in [0.1, 0.15) is 12.0 Å². The molecule has 1 atom stereocenters. The molecule has 1 amide bonds. The van der Waals surface area contributed by atoms with Gasteiger partial charge >= 0.3 is 0 Å². The van der Waals surface area contributed by atoms with Gasteiger partial charge in [0.2, 0.25) is 0 Å². The lowest BCUT2D eigenvalue weighted by Gasteiger charge is -2.17. The zero-order chi connectivity index (χ0) is 19.3. The van der Waals surface area contributed by atoms with Gasteiger partial charge in [-0.15, -0.1) is 0 Å². The number of hydrogen-bond donors (Lipinski definition) is 0. The van der Waals surface area contributed by atoms with Gasteiger partial charge in [0.25, 0.3) is 5.91 Å². The third-order valence-corrected chi connectivity index (χ3v) is 5.23. The van der Waals surface area contributed by atoms with E-state index in [1.165, 1.54) is 0 Å². The predicted octanol–water partition coefficient (Wildman–Crippen LogP) is 2.68. The molecule has 3 aromatic rings. The summed E-state index contributed by atoms with van der Waals surface area (Å²) in [4.78, 5) is 25.1. The van der Waals surface area contributed by atoms with Crippen LogP contribution in [-0.4, -0.2) is 44.9 Å². The molecule has 0 N–H and O–H groups in total. The summed E-state index contributed by atoms with van der Waals surface area (Å²) in [5.41, 5.74) is 3.76.